The maximum Gasteiger partial charge on any atom is 0.102 e. The average Bonchev–Trinajstić information content (AvgIpc) is 3.07. The van der Waals surface area contributed by atoms with Crippen LogP contribution >= 0.6 is 27.3 Å². The van der Waals surface area contributed by atoms with Gasteiger partial charge in [-0.3, -0.25) is 4.68 Å². The summed E-state index contributed by atoms with van der Waals surface area (Å²) in [5, 5.41) is 5.73. The van der Waals surface area contributed by atoms with E-state index in [1.54, 1.807) is 11.3 Å². The van der Waals surface area contributed by atoms with Gasteiger partial charge < -0.3 is 5.73 Å². The molecule has 0 aliphatic carbocycles. The van der Waals surface area contributed by atoms with E-state index in [0.29, 0.717) is 0 Å². The van der Waals surface area contributed by atoms with Gasteiger partial charge in [-0.15, -0.1) is 11.3 Å². The van der Waals surface area contributed by atoms with Crippen molar-refractivity contribution in [3.05, 3.63) is 51.3 Å². The molecule has 1 aromatic carbocycles. The summed E-state index contributed by atoms with van der Waals surface area (Å²) in [7, 11) is 0. The lowest BCUT2D eigenvalue weighted by molar-refractivity contribution is 0.440. The first-order valence-corrected chi connectivity index (χ1v) is 8.24. The number of hydrogen-bond donors (Lipinski definition) is 1. The second-order valence-electron chi connectivity index (χ2n) is 4.81. The zero-order valence-corrected chi connectivity index (χ0v) is 13.6. The smallest absolute Gasteiger partial charge is 0.102 e. The molecule has 0 fully saturated rings. The van der Waals surface area contributed by atoms with E-state index in [4.69, 9.17) is 5.73 Å². The van der Waals surface area contributed by atoms with Gasteiger partial charge in [0.25, 0.3) is 0 Å². The van der Waals surface area contributed by atoms with Crippen LogP contribution in [0.1, 0.15) is 24.3 Å². The molecule has 3 rings (SSSR count). The summed E-state index contributed by atoms with van der Waals surface area (Å²) in [6.07, 6.45) is 2.82. The zero-order chi connectivity index (χ0) is 14.1. The number of fused-ring (bicyclic) bond motifs is 1. The minimum absolute atomic E-state index is 0.0452. The molecule has 2 atom stereocenters. The molecule has 0 saturated carbocycles. The Morgan fingerprint density at radius 3 is 2.80 bits per heavy atom. The molecule has 0 aliphatic heterocycles. The van der Waals surface area contributed by atoms with Gasteiger partial charge in [0.05, 0.1) is 15.5 Å². The highest BCUT2D eigenvalue weighted by Crippen LogP contribution is 2.33. The summed E-state index contributed by atoms with van der Waals surface area (Å²) in [6, 6.07) is 12.6. The molecule has 3 aromatic rings. The molecule has 0 amide bonds. The van der Waals surface area contributed by atoms with Gasteiger partial charge in [0, 0.05) is 16.3 Å². The Balaban J connectivity index is 2.14. The lowest BCUT2D eigenvalue weighted by Crippen LogP contribution is -2.32. The summed E-state index contributed by atoms with van der Waals surface area (Å²) >= 11 is 5.25. The molecule has 5 heteroatoms. The molecule has 20 heavy (non-hydrogen) atoms. The average molecular weight is 350 g/mol. The molecule has 0 spiro atoms. The van der Waals surface area contributed by atoms with Crippen LogP contribution in [0.4, 0.5) is 0 Å². The second kappa shape index (κ2) is 5.68. The highest BCUT2D eigenvalue weighted by Gasteiger charge is 2.24. The van der Waals surface area contributed by atoms with E-state index >= 15 is 0 Å². The summed E-state index contributed by atoms with van der Waals surface area (Å²) in [6.45, 7) is 2.12. The van der Waals surface area contributed by atoms with Crippen LogP contribution in [-0.2, 0) is 0 Å². The SMILES string of the molecule is CCC(N)C(c1ccc(Br)s1)n1ncc2ccccc21. The van der Waals surface area contributed by atoms with Crippen LogP contribution in [0.5, 0.6) is 0 Å². The van der Waals surface area contributed by atoms with Crippen LogP contribution in [0.3, 0.4) is 0 Å². The largest absolute Gasteiger partial charge is 0.326 e. The Morgan fingerprint density at radius 1 is 1.30 bits per heavy atom. The Kier molecular flexibility index (Phi) is 3.92. The molecule has 0 bridgehead atoms. The van der Waals surface area contributed by atoms with Gasteiger partial charge in [-0.25, -0.2) is 0 Å². The summed E-state index contributed by atoms with van der Waals surface area (Å²) < 4.78 is 3.18. The number of nitrogens with two attached hydrogens (primary N) is 1. The molecule has 2 unspecified atom stereocenters. The summed E-state index contributed by atoms with van der Waals surface area (Å²) in [4.78, 5) is 1.24. The number of para-hydroxylation sites is 1. The van der Waals surface area contributed by atoms with Gasteiger partial charge in [0.15, 0.2) is 0 Å². The Morgan fingerprint density at radius 2 is 2.10 bits per heavy atom. The standard InChI is InChI=1S/C15H16BrN3S/c1-2-11(17)15(13-7-8-14(16)20-13)19-12-6-4-3-5-10(12)9-18-19/h3-9,11,15H,2,17H2,1H3. The number of halogens is 1. The van der Waals surface area contributed by atoms with Crippen molar-refractivity contribution in [3.63, 3.8) is 0 Å². The molecule has 104 valence electrons. The van der Waals surface area contributed by atoms with Crippen LogP contribution < -0.4 is 5.73 Å². The van der Waals surface area contributed by atoms with Gasteiger partial charge in [-0.05, 0) is 40.5 Å². The van der Waals surface area contributed by atoms with E-state index in [2.05, 4.69) is 56.9 Å². The Bertz CT molecular complexity index is 719. The van der Waals surface area contributed by atoms with Crippen molar-refractivity contribution in [1.82, 2.24) is 9.78 Å². The predicted molar refractivity (Wildman–Crippen MR) is 88.2 cm³/mol. The first-order valence-electron chi connectivity index (χ1n) is 6.63. The third-order valence-corrected chi connectivity index (χ3v) is 5.23. The topological polar surface area (TPSA) is 43.8 Å². The zero-order valence-electron chi connectivity index (χ0n) is 11.2. The van der Waals surface area contributed by atoms with Crippen molar-refractivity contribution in [3.8, 4) is 0 Å². The van der Waals surface area contributed by atoms with Crippen LogP contribution in [-0.4, -0.2) is 15.8 Å². The molecule has 0 saturated heterocycles. The normalized spacial score (nSPS) is 14.6. The second-order valence-corrected chi connectivity index (χ2v) is 7.30. The van der Waals surface area contributed by atoms with Gasteiger partial charge in [-0.2, -0.15) is 5.10 Å². The van der Waals surface area contributed by atoms with Crippen LogP contribution in [0.2, 0.25) is 0 Å². The Hall–Kier alpha value is -1.17. The molecule has 2 aromatic heterocycles. The fourth-order valence-electron chi connectivity index (χ4n) is 2.44. The molecule has 2 N–H and O–H groups in total. The maximum atomic E-state index is 6.37. The lowest BCUT2D eigenvalue weighted by atomic mass is 10.0. The van der Waals surface area contributed by atoms with Gasteiger partial charge >= 0.3 is 0 Å². The molecule has 3 nitrogen and oxygen atoms in total. The van der Waals surface area contributed by atoms with Gasteiger partial charge in [-0.1, -0.05) is 25.1 Å². The van der Waals surface area contributed by atoms with E-state index in [-0.39, 0.29) is 12.1 Å². The van der Waals surface area contributed by atoms with E-state index in [0.717, 1.165) is 21.1 Å². The summed E-state index contributed by atoms with van der Waals surface area (Å²) in [5.41, 5.74) is 7.50. The maximum absolute atomic E-state index is 6.37. The van der Waals surface area contributed by atoms with E-state index in [1.807, 2.05) is 18.3 Å². The lowest BCUT2D eigenvalue weighted by Gasteiger charge is -2.23. The van der Waals surface area contributed by atoms with Gasteiger partial charge in [0.2, 0.25) is 0 Å². The van der Waals surface area contributed by atoms with Crippen molar-refractivity contribution < 1.29 is 0 Å². The fourth-order valence-corrected chi connectivity index (χ4v) is 4.02. The first-order chi connectivity index (χ1) is 9.70. The minimum atomic E-state index is 0.0452. The number of benzene rings is 1. The molecule has 2 heterocycles. The fraction of sp³-hybridized carbons (Fsp3) is 0.267. The van der Waals surface area contributed by atoms with Gasteiger partial charge in [0.1, 0.15) is 6.04 Å². The number of hydrogen-bond acceptors (Lipinski definition) is 3. The number of rotatable bonds is 4. The number of aromatic nitrogens is 2. The molecule has 0 radical (unpaired) electrons. The third kappa shape index (κ3) is 2.41. The van der Waals surface area contributed by atoms with Crippen molar-refractivity contribution in [1.29, 1.82) is 0 Å². The van der Waals surface area contributed by atoms with E-state index < -0.39 is 0 Å². The van der Waals surface area contributed by atoms with Crippen LogP contribution in [0.25, 0.3) is 10.9 Å². The third-order valence-electron chi connectivity index (χ3n) is 3.53. The number of thiophene rings is 1. The van der Waals surface area contributed by atoms with Crippen molar-refractivity contribution in [2.24, 2.45) is 5.73 Å². The molecular weight excluding hydrogens is 334 g/mol. The van der Waals surface area contributed by atoms with Crippen LogP contribution in [0.15, 0.2) is 46.4 Å². The van der Waals surface area contributed by atoms with Crippen molar-refractivity contribution >= 4 is 38.2 Å². The first kappa shape index (κ1) is 13.8. The predicted octanol–water partition coefficient (Wildman–Crippen LogP) is 4.19. The highest BCUT2D eigenvalue weighted by molar-refractivity contribution is 9.11. The highest BCUT2D eigenvalue weighted by atomic mass is 79.9. The quantitative estimate of drug-likeness (QED) is 0.767. The minimum Gasteiger partial charge on any atom is -0.326 e. The van der Waals surface area contributed by atoms with E-state index in [9.17, 15) is 0 Å². The molecular formula is C15H16BrN3S. The Labute approximate surface area is 130 Å². The van der Waals surface area contributed by atoms with E-state index in [1.165, 1.54) is 4.88 Å². The summed E-state index contributed by atoms with van der Waals surface area (Å²) in [5.74, 6) is 0. The van der Waals surface area contributed by atoms with Crippen LogP contribution in [0, 0.1) is 0 Å². The van der Waals surface area contributed by atoms with Crippen molar-refractivity contribution in [2.45, 2.75) is 25.4 Å². The monoisotopic (exact) mass is 349 g/mol. The number of nitrogens with zero attached hydrogens (tertiary/aromatic N) is 2. The van der Waals surface area contributed by atoms with Crippen molar-refractivity contribution in [2.75, 3.05) is 0 Å². The molecule has 0 aliphatic rings.